The largest absolute Gasteiger partial charge is 0.489 e. The second kappa shape index (κ2) is 9.75. The van der Waals surface area contributed by atoms with Crippen LogP contribution in [0.4, 0.5) is 0 Å². The van der Waals surface area contributed by atoms with Crippen LogP contribution in [0.15, 0.2) is 24.3 Å². The van der Waals surface area contributed by atoms with E-state index in [4.69, 9.17) is 15.2 Å². The molecule has 3 N–H and O–H groups in total. The summed E-state index contributed by atoms with van der Waals surface area (Å²) in [7, 11) is 0. The number of benzene rings is 1. The minimum Gasteiger partial charge on any atom is -0.489 e. The Hall–Kier alpha value is -1.30. The molecule has 6 heteroatoms. The lowest BCUT2D eigenvalue weighted by atomic mass is 9.92. The lowest BCUT2D eigenvalue weighted by Gasteiger charge is -2.27. The fraction of sp³-hybridized carbons (Fsp3) is 0.588. The molecule has 0 radical (unpaired) electrons. The molecule has 1 amide bonds. The van der Waals surface area contributed by atoms with E-state index >= 15 is 0 Å². The molecule has 1 aliphatic rings. The summed E-state index contributed by atoms with van der Waals surface area (Å²) < 4.78 is 11.1. The number of nitrogens with one attached hydrogen (secondary N) is 1. The minimum atomic E-state index is -0.463. The molecule has 1 aliphatic heterocycles. The van der Waals surface area contributed by atoms with E-state index < -0.39 is 6.04 Å². The zero-order valence-corrected chi connectivity index (χ0v) is 14.6. The predicted molar refractivity (Wildman–Crippen MR) is 93.0 cm³/mol. The number of amides is 1. The van der Waals surface area contributed by atoms with Gasteiger partial charge in [0, 0.05) is 13.2 Å². The van der Waals surface area contributed by atoms with Crippen LogP contribution in [-0.4, -0.2) is 37.8 Å². The first-order valence-corrected chi connectivity index (χ1v) is 7.90. The maximum absolute atomic E-state index is 12.1. The van der Waals surface area contributed by atoms with Crippen molar-refractivity contribution in [2.24, 2.45) is 11.7 Å². The quantitative estimate of drug-likeness (QED) is 0.830. The van der Waals surface area contributed by atoms with Gasteiger partial charge in [0.05, 0.1) is 12.6 Å². The summed E-state index contributed by atoms with van der Waals surface area (Å²) in [4.78, 5) is 12.1. The summed E-state index contributed by atoms with van der Waals surface area (Å²) in [5.41, 5.74) is 7.23. The number of carbonyl (C=O) groups is 1. The normalized spacial score (nSPS) is 17.7. The average molecular weight is 343 g/mol. The molecule has 1 heterocycles. The lowest BCUT2D eigenvalue weighted by molar-refractivity contribution is -0.124. The van der Waals surface area contributed by atoms with Crippen molar-refractivity contribution in [2.75, 3.05) is 19.8 Å². The van der Waals surface area contributed by atoms with Crippen molar-refractivity contribution in [2.45, 2.75) is 38.8 Å². The molecule has 0 spiro atoms. The van der Waals surface area contributed by atoms with Crippen LogP contribution in [0.3, 0.4) is 0 Å². The van der Waals surface area contributed by atoms with Crippen molar-refractivity contribution in [3.8, 4) is 5.75 Å². The third-order valence-electron chi connectivity index (χ3n) is 4.00. The third kappa shape index (κ3) is 6.37. The molecule has 130 valence electrons. The average Bonchev–Trinajstić information content (AvgIpc) is 2.55. The molecule has 1 aromatic rings. The van der Waals surface area contributed by atoms with Gasteiger partial charge in [-0.1, -0.05) is 17.7 Å². The van der Waals surface area contributed by atoms with Gasteiger partial charge in [0.2, 0.25) is 5.91 Å². The van der Waals surface area contributed by atoms with Gasteiger partial charge in [0.15, 0.2) is 0 Å². The Balaban J connectivity index is 0.00000264. The van der Waals surface area contributed by atoms with Crippen LogP contribution < -0.4 is 15.8 Å². The smallest absolute Gasteiger partial charge is 0.237 e. The molecule has 1 fully saturated rings. The van der Waals surface area contributed by atoms with Gasteiger partial charge >= 0.3 is 0 Å². The number of rotatable bonds is 6. The van der Waals surface area contributed by atoms with Crippen LogP contribution in [0.5, 0.6) is 5.75 Å². The van der Waals surface area contributed by atoms with Crippen LogP contribution in [0.1, 0.15) is 25.3 Å². The van der Waals surface area contributed by atoms with E-state index in [1.54, 1.807) is 0 Å². The Morgan fingerprint density at radius 2 is 1.96 bits per heavy atom. The molecule has 0 saturated carbocycles. The van der Waals surface area contributed by atoms with Gasteiger partial charge in [0.25, 0.3) is 0 Å². The van der Waals surface area contributed by atoms with Crippen molar-refractivity contribution >= 4 is 18.3 Å². The van der Waals surface area contributed by atoms with Crippen molar-refractivity contribution in [3.63, 3.8) is 0 Å². The van der Waals surface area contributed by atoms with Crippen molar-refractivity contribution in [1.82, 2.24) is 5.32 Å². The van der Waals surface area contributed by atoms with E-state index in [0.717, 1.165) is 18.6 Å². The number of ether oxygens (including phenoxy) is 2. The molecular weight excluding hydrogens is 316 g/mol. The number of aryl methyl sites for hydroxylation is 1. The topological polar surface area (TPSA) is 73.6 Å². The van der Waals surface area contributed by atoms with Crippen molar-refractivity contribution in [1.29, 1.82) is 0 Å². The molecule has 0 aromatic heterocycles. The monoisotopic (exact) mass is 342 g/mol. The first kappa shape index (κ1) is 19.7. The van der Waals surface area contributed by atoms with E-state index in [1.165, 1.54) is 5.56 Å². The first-order chi connectivity index (χ1) is 10.6. The highest BCUT2D eigenvalue weighted by atomic mass is 35.5. The Morgan fingerprint density at radius 3 is 2.57 bits per heavy atom. The van der Waals surface area contributed by atoms with E-state index in [2.05, 4.69) is 5.32 Å². The van der Waals surface area contributed by atoms with Gasteiger partial charge in [-0.15, -0.1) is 12.4 Å². The highest BCUT2D eigenvalue weighted by Gasteiger charge is 2.26. The molecule has 1 saturated heterocycles. The van der Waals surface area contributed by atoms with E-state index in [-0.39, 0.29) is 30.3 Å². The fourth-order valence-electron chi connectivity index (χ4n) is 2.54. The summed E-state index contributed by atoms with van der Waals surface area (Å²) in [5.74, 6) is 0.911. The standard InChI is InChI=1S/C17H26N2O3.ClH/c1-12-3-5-15(6-4-12)22-13(2)11-19-17(20)16(18)14-7-9-21-10-8-14;/h3-6,13-14,16H,7-11,18H2,1-2H3,(H,19,20);1H. The summed E-state index contributed by atoms with van der Waals surface area (Å²) in [6, 6.07) is 7.40. The molecule has 0 aliphatic carbocycles. The van der Waals surface area contributed by atoms with Crippen molar-refractivity contribution < 1.29 is 14.3 Å². The van der Waals surface area contributed by atoms with Gasteiger partial charge in [-0.05, 0) is 44.7 Å². The highest BCUT2D eigenvalue weighted by Crippen LogP contribution is 2.17. The number of nitrogens with two attached hydrogens (primary N) is 1. The van der Waals surface area contributed by atoms with E-state index in [0.29, 0.717) is 19.8 Å². The summed E-state index contributed by atoms with van der Waals surface area (Å²) in [6.45, 7) is 5.80. The zero-order valence-electron chi connectivity index (χ0n) is 13.8. The third-order valence-corrected chi connectivity index (χ3v) is 4.00. The molecule has 0 bridgehead atoms. The van der Waals surface area contributed by atoms with Gasteiger partial charge in [-0.2, -0.15) is 0 Å². The fourth-order valence-corrected chi connectivity index (χ4v) is 2.54. The maximum Gasteiger partial charge on any atom is 0.237 e. The molecule has 1 aromatic carbocycles. The van der Waals surface area contributed by atoms with Gasteiger partial charge in [0.1, 0.15) is 11.9 Å². The molecule has 2 atom stereocenters. The van der Waals surface area contributed by atoms with Crippen LogP contribution in [0, 0.1) is 12.8 Å². The van der Waals surface area contributed by atoms with Gasteiger partial charge in [-0.25, -0.2) is 0 Å². The Labute approximate surface area is 144 Å². The first-order valence-electron chi connectivity index (χ1n) is 7.90. The number of hydrogen-bond donors (Lipinski definition) is 2. The number of halogens is 1. The minimum absolute atomic E-state index is 0. The van der Waals surface area contributed by atoms with E-state index in [9.17, 15) is 4.79 Å². The summed E-state index contributed by atoms with van der Waals surface area (Å²) in [5, 5.41) is 2.88. The lowest BCUT2D eigenvalue weighted by Crippen LogP contribution is -2.48. The van der Waals surface area contributed by atoms with E-state index in [1.807, 2.05) is 38.1 Å². The molecule has 23 heavy (non-hydrogen) atoms. The Kier molecular flexibility index (Phi) is 8.37. The zero-order chi connectivity index (χ0) is 15.9. The summed E-state index contributed by atoms with van der Waals surface area (Å²) >= 11 is 0. The van der Waals surface area contributed by atoms with Crippen LogP contribution in [0.25, 0.3) is 0 Å². The Morgan fingerprint density at radius 1 is 1.35 bits per heavy atom. The molecule has 5 nitrogen and oxygen atoms in total. The second-order valence-electron chi connectivity index (χ2n) is 5.96. The van der Waals surface area contributed by atoms with Crippen molar-refractivity contribution in [3.05, 3.63) is 29.8 Å². The van der Waals surface area contributed by atoms with Crippen LogP contribution >= 0.6 is 12.4 Å². The van der Waals surface area contributed by atoms with Gasteiger partial charge < -0.3 is 20.5 Å². The second-order valence-corrected chi connectivity index (χ2v) is 5.96. The molecular formula is C17H27ClN2O3. The maximum atomic E-state index is 12.1. The number of hydrogen-bond acceptors (Lipinski definition) is 4. The highest BCUT2D eigenvalue weighted by molar-refractivity contribution is 5.85. The molecule has 2 unspecified atom stereocenters. The van der Waals surface area contributed by atoms with Crippen LogP contribution in [0.2, 0.25) is 0 Å². The SMILES string of the molecule is Cc1ccc(OC(C)CNC(=O)C(N)C2CCOCC2)cc1.Cl. The number of carbonyl (C=O) groups excluding carboxylic acids is 1. The van der Waals surface area contributed by atoms with Gasteiger partial charge in [-0.3, -0.25) is 4.79 Å². The Bertz CT molecular complexity index is 475. The summed E-state index contributed by atoms with van der Waals surface area (Å²) in [6.07, 6.45) is 1.60. The predicted octanol–water partition coefficient (Wildman–Crippen LogP) is 2.05. The molecule has 2 rings (SSSR count). The van der Waals surface area contributed by atoms with Crippen LogP contribution in [-0.2, 0) is 9.53 Å².